The number of nitrogen functional groups attached to an aromatic ring is 1. The first kappa shape index (κ1) is 13.9. The number of H-pyrrole nitrogens is 1. The van der Waals surface area contributed by atoms with Crippen LogP contribution in [0.3, 0.4) is 0 Å². The standard InChI is InChI=1S/C13H16N4O3S/c14-9-1-2-11-10(7-9)12(8-16-11)21(19,20)17-5-3-13(18)15-4-6-17/h1-2,7-8,16H,3-6,14H2,(H,15,18). The van der Waals surface area contributed by atoms with Crippen LogP contribution in [-0.2, 0) is 14.8 Å². The van der Waals surface area contributed by atoms with E-state index in [9.17, 15) is 13.2 Å². The maximum atomic E-state index is 12.8. The van der Waals surface area contributed by atoms with E-state index < -0.39 is 10.0 Å². The van der Waals surface area contributed by atoms with Gasteiger partial charge in [0, 0.05) is 48.8 Å². The Bertz CT molecular complexity index is 797. The summed E-state index contributed by atoms with van der Waals surface area (Å²) in [6, 6.07) is 5.10. The van der Waals surface area contributed by atoms with Gasteiger partial charge in [0.15, 0.2) is 0 Å². The maximum Gasteiger partial charge on any atom is 0.245 e. The molecule has 3 rings (SSSR count). The Labute approximate surface area is 122 Å². The molecule has 0 saturated carbocycles. The number of fused-ring (bicyclic) bond motifs is 1. The number of nitrogens with two attached hydrogens (primary N) is 1. The van der Waals surface area contributed by atoms with Gasteiger partial charge < -0.3 is 16.0 Å². The van der Waals surface area contributed by atoms with Gasteiger partial charge in [-0.25, -0.2) is 8.42 Å². The highest BCUT2D eigenvalue weighted by Gasteiger charge is 2.29. The molecule has 1 amide bonds. The molecule has 1 aromatic heterocycles. The number of benzene rings is 1. The highest BCUT2D eigenvalue weighted by molar-refractivity contribution is 7.89. The molecule has 0 unspecified atom stereocenters. The van der Waals surface area contributed by atoms with E-state index >= 15 is 0 Å². The normalized spacial score (nSPS) is 17.6. The number of amides is 1. The number of nitrogens with zero attached hydrogens (tertiary/aromatic N) is 1. The number of nitrogens with one attached hydrogen (secondary N) is 2. The fourth-order valence-corrected chi connectivity index (χ4v) is 4.05. The van der Waals surface area contributed by atoms with Crippen molar-refractivity contribution in [3.05, 3.63) is 24.4 Å². The number of hydrogen-bond donors (Lipinski definition) is 3. The number of aromatic nitrogens is 1. The van der Waals surface area contributed by atoms with Crippen LogP contribution in [-0.4, -0.2) is 43.2 Å². The summed E-state index contributed by atoms with van der Waals surface area (Å²) < 4.78 is 26.8. The molecule has 8 heteroatoms. The Morgan fingerprint density at radius 2 is 2.05 bits per heavy atom. The quantitative estimate of drug-likeness (QED) is 0.691. The molecule has 0 bridgehead atoms. The SMILES string of the molecule is Nc1ccc2[nH]cc(S(=O)(=O)N3CCNC(=O)CC3)c2c1. The summed E-state index contributed by atoms with van der Waals surface area (Å²) in [5, 5.41) is 3.23. The minimum atomic E-state index is -3.65. The summed E-state index contributed by atoms with van der Waals surface area (Å²) in [5.74, 6) is -0.129. The molecule has 0 spiro atoms. The summed E-state index contributed by atoms with van der Waals surface area (Å²) in [5.41, 5.74) is 6.96. The number of hydrogen-bond acceptors (Lipinski definition) is 4. The lowest BCUT2D eigenvalue weighted by Gasteiger charge is -2.18. The van der Waals surface area contributed by atoms with Gasteiger partial charge in [0.1, 0.15) is 4.90 Å². The molecule has 112 valence electrons. The van der Waals surface area contributed by atoms with Gasteiger partial charge in [0.25, 0.3) is 0 Å². The van der Waals surface area contributed by atoms with Crippen LogP contribution in [0, 0.1) is 0 Å². The van der Waals surface area contributed by atoms with E-state index in [4.69, 9.17) is 5.73 Å². The molecular formula is C13H16N4O3S. The van der Waals surface area contributed by atoms with Crippen molar-refractivity contribution in [1.82, 2.24) is 14.6 Å². The zero-order chi connectivity index (χ0) is 15.0. The number of sulfonamides is 1. The predicted octanol–water partition coefficient (Wildman–Crippen LogP) is 0.261. The first-order valence-corrected chi connectivity index (χ1v) is 8.06. The van der Waals surface area contributed by atoms with Gasteiger partial charge in [0.2, 0.25) is 15.9 Å². The van der Waals surface area contributed by atoms with Crippen molar-refractivity contribution < 1.29 is 13.2 Å². The Hall–Kier alpha value is -2.06. The van der Waals surface area contributed by atoms with Crippen LogP contribution in [0.4, 0.5) is 5.69 Å². The van der Waals surface area contributed by atoms with Gasteiger partial charge in [-0.15, -0.1) is 0 Å². The van der Waals surface area contributed by atoms with Gasteiger partial charge in [-0.2, -0.15) is 4.31 Å². The second-order valence-corrected chi connectivity index (χ2v) is 6.87. The summed E-state index contributed by atoms with van der Waals surface area (Å²) >= 11 is 0. The Kier molecular flexibility index (Phi) is 3.34. The Morgan fingerprint density at radius 1 is 1.24 bits per heavy atom. The Balaban J connectivity index is 2.03. The Morgan fingerprint density at radius 3 is 2.86 bits per heavy atom. The first-order chi connectivity index (χ1) is 9.98. The third-order valence-corrected chi connectivity index (χ3v) is 5.50. The fraction of sp³-hybridized carbons (Fsp3) is 0.308. The summed E-state index contributed by atoms with van der Waals surface area (Å²) in [4.78, 5) is 14.5. The number of carbonyl (C=O) groups is 1. The highest BCUT2D eigenvalue weighted by Crippen LogP contribution is 2.27. The lowest BCUT2D eigenvalue weighted by molar-refractivity contribution is -0.120. The molecule has 2 aromatic rings. The largest absolute Gasteiger partial charge is 0.399 e. The summed E-state index contributed by atoms with van der Waals surface area (Å²) in [6.07, 6.45) is 1.64. The third kappa shape index (κ3) is 2.47. The molecular weight excluding hydrogens is 292 g/mol. The number of aromatic amines is 1. The van der Waals surface area contributed by atoms with Crippen LogP contribution in [0.2, 0.25) is 0 Å². The van der Waals surface area contributed by atoms with Crippen molar-refractivity contribution >= 4 is 32.5 Å². The lowest BCUT2D eigenvalue weighted by Crippen LogP contribution is -2.34. The van der Waals surface area contributed by atoms with E-state index in [1.165, 1.54) is 10.5 Å². The molecule has 4 N–H and O–H groups in total. The molecule has 21 heavy (non-hydrogen) atoms. The lowest BCUT2D eigenvalue weighted by atomic mass is 10.2. The molecule has 0 atom stereocenters. The zero-order valence-corrected chi connectivity index (χ0v) is 12.1. The average Bonchev–Trinajstić information content (AvgIpc) is 2.73. The van der Waals surface area contributed by atoms with E-state index in [-0.39, 0.29) is 30.3 Å². The van der Waals surface area contributed by atoms with Crippen LogP contribution in [0.15, 0.2) is 29.3 Å². The average molecular weight is 308 g/mol. The second-order valence-electron chi connectivity index (χ2n) is 4.96. The van der Waals surface area contributed by atoms with Crippen LogP contribution >= 0.6 is 0 Å². The van der Waals surface area contributed by atoms with E-state index in [0.717, 1.165) is 0 Å². The maximum absolute atomic E-state index is 12.8. The van der Waals surface area contributed by atoms with Gasteiger partial charge in [0.05, 0.1) is 0 Å². The van der Waals surface area contributed by atoms with E-state index in [0.29, 0.717) is 23.1 Å². The summed E-state index contributed by atoms with van der Waals surface area (Å²) in [7, 11) is -3.65. The number of anilines is 1. The van der Waals surface area contributed by atoms with E-state index in [1.807, 2.05) is 0 Å². The number of carbonyl (C=O) groups excluding carboxylic acids is 1. The van der Waals surface area contributed by atoms with Crippen molar-refractivity contribution in [3.8, 4) is 0 Å². The van der Waals surface area contributed by atoms with Crippen molar-refractivity contribution in [2.45, 2.75) is 11.3 Å². The summed E-state index contributed by atoms with van der Waals surface area (Å²) in [6.45, 7) is 0.773. The smallest absolute Gasteiger partial charge is 0.245 e. The predicted molar refractivity (Wildman–Crippen MR) is 79.1 cm³/mol. The van der Waals surface area contributed by atoms with Crippen molar-refractivity contribution in [2.24, 2.45) is 0 Å². The van der Waals surface area contributed by atoms with Gasteiger partial charge in [-0.1, -0.05) is 0 Å². The molecule has 1 aromatic carbocycles. The zero-order valence-electron chi connectivity index (χ0n) is 11.3. The van der Waals surface area contributed by atoms with Crippen molar-refractivity contribution in [1.29, 1.82) is 0 Å². The van der Waals surface area contributed by atoms with Crippen LogP contribution in [0.25, 0.3) is 10.9 Å². The minimum Gasteiger partial charge on any atom is -0.399 e. The molecule has 1 saturated heterocycles. The van der Waals surface area contributed by atoms with Crippen molar-refractivity contribution in [3.63, 3.8) is 0 Å². The van der Waals surface area contributed by atoms with Gasteiger partial charge in [-0.05, 0) is 18.2 Å². The van der Waals surface area contributed by atoms with Gasteiger partial charge in [-0.3, -0.25) is 4.79 Å². The third-order valence-electron chi connectivity index (χ3n) is 3.56. The van der Waals surface area contributed by atoms with Crippen LogP contribution in [0.1, 0.15) is 6.42 Å². The topological polar surface area (TPSA) is 108 Å². The van der Waals surface area contributed by atoms with Crippen molar-refractivity contribution in [2.75, 3.05) is 25.4 Å². The van der Waals surface area contributed by atoms with E-state index in [1.54, 1.807) is 18.2 Å². The molecule has 1 aliphatic rings. The van der Waals surface area contributed by atoms with E-state index in [2.05, 4.69) is 10.3 Å². The molecule has 1 fully saturated rings. The van der Waals surface area contributed by atoms with Crippen LogP contribution in [0.5, 0.6) is 0 Å². The fourth-order valence-electron chi connectivity index (χ4n) is 2.45. The molecule has 0 aliphatic carbocycles. The monoisotopic (exact) mass is 308 g/mol. The van der Waals surface area contributed by atoms with Crippen LogP contribution < -0.4 is 11.1 Å². The number of rotatable bonds is 2. The first-order valence-electron chi connectivity index (χ1n) is 6.62. The molecule has 1 aliphatic heterocycles. The van der Waals surface area contributed by atoms with Gasteiger partial charge >= 0.3 is 0 Å². The molecule has 7 nitrogen and oxygen atoms in total. The second kappa shape index (κ2) is 5.05. The highest BCUT2D eigenvalue weighted by atomic mass is 32.2. The minimum absolute atomic E-state index is 0.129. The molecule has 2 heterocycles. The molecule has 0 radical (unpaired) electrons.